The number of anilines is 1. The van der Waals surface area contributed by atoms with Crippen LogP contribution >= 0.6 is 11.8 Å². The van der Waals surface area contributed by atoms with Crippen LogP contribution in [0.2, 0.25) is 0 Å². The molecule has 116 valence electrons. The average Bonchev–Trinajstić information content (AvgIpc) is 2.42. The van der Waals surface area contributed by atoms with Crippen molar-refractivity contribution in [1.29, 1.82) is 0 Å². The van der Waals surface area contributed by atoms with E-state index in [2.05, 4.69) is 15.3 Å². The van der Waals surface area contributed by atoms with E-state index in [9.17, 15) is 9.59 Å². The minimum absolute atomic E-state index is 0.122. The standard InChI is InChI=1S/C16H19N3O2S/c1-9-6-5-7-13(11(9)3)18-15(21)12(4)22-16-17-10(2)8-14(20)19-16/h5-8,12H,1-4H3,(H,18,21)(H,17,19,20)/t12-/m1/s1. The summed E-state index contributed by atoms with van der Waals surface area (Å²) < 4.78 is 0. The Labute approximate surface area is 133 Å². The molecule has 1 heterocycles. The summed E-state index contributed by atoms with van der Waals surface area (Å²) in [6.07, 6.45) is 0. The van der Waals surface area contributed by atoms with Crippen LogP contribution in [0.4, 0.5) is 5.69 Å². The second-order valence-electron chi connectivity index (χ2n) is 5.19. The SMILES string of the molecule is Cc1cc(=O)[nH]c(S[C@H](C)C(=O)Nc2cccc(C)c2C)n1. The summed E-state index contributed by atoms with van der Waals surface area (Å²) >= 11 is 1.23. The van der Waals surface area contributed by atoms with Crippen molar-refractivity contribution in [2.45, 2.75) is 38.1 Å². The van der Waals surface area contributed by atoms with Crippen molar-refractivity contribution >= 4 is 23.4 Å². The van der Waals surface area contributed by atoms with E-state index in [0.29, 0.717) is 10.9 Å². The predicted octanol–water partition coefficient (Wildman–Crippen LogP) is 2.81. The van der Waals surface area contributed by atoms with E-state index >= 15 is 0 Å². The van der Waals surface area contributed by atoms with Gasteiger partial charge in [0.2, 0.25) is 5.91 Å². The van der Waals surface area contributed by atoms with Crippen LogP contribution in [0.1, 0.15) is 23.7 Å². The Bertz CT molecular complexity index is 755. The van der Waals surface area contributed by atoms with Crippen LogP contribution < -0.4 is 10.9 Å². The third-order valence-corrected chi connectivity index (χ3v) is 4.35. The van der Waals surface area contributed by atoms with Gasteiger partial charge in [-0.1, -0.05) is 23.9 Å². The Hall–Kier alpha value is -2.08. The predicted molar refractivity (Wildman–Crippen MR) is 89.5 cm³/mol. The largest absolute Gasteiger partial charge is 0.325 e. The van der Waals surface area contributed by atoms with Crippen LogP contribution in [-0.2, 0) is 4.79 Å². The zero-order valence-corrected chi connectivity index (χ0v) is 13.9. The second-order valence-corrected chi connectivity index (χ2v) is 6.52. The number of carbonyl (C=O) groups is 1. The molecule has 0 aliphatic rings. The number of benzene rings is 1. The summed E-state index contributed by atoms with van der Waals surface area (Å²) in [5.41, 5.74) is 3.41. The number of nitrogens with one attached hydrogen (secondary N) is 2. The van der Waals surface area contributed by atoms with Gasteiger partial charge in [0, 0.05) is 17.4 Å². The van der Waals surface area contributed by atoms with Crippen LogP contribution in [0.3, 0.4) is 0 Å². The lowest BCUT2D eigenvalue weighted by Gasteiger charge is -2.14. The first-order valence-corrected chi connectivity index (χ1v) is 7.86. The van der Waals surface area contributed by atoms with E-state index in [0.717, 1.165) is 16.8 Å². The molecule has 1 aromatic carbocycles. The topological polar surface area (TPSA) is 74.8 Å². The molecule has 2 aromatic rings. The average molecular weight is 317 g/mol. The molecule has 5 nitrogen and oxygen atoms in total. The molecule has 1 aromatic heterocycles. The lowest BCUT2D eigenvalue weighted by molar-refractivity contribution is -0.115. The van der Waals surface area contributed by atoms with Crippen LogP contribution in [0.25, 0.3) is 0 Å². The van der Waals surface area contributed by atoms with Crippen molar-refractivity contribution in [3.05, 3.63) is 51.4 Å². The number of nitrogens with zero attached hydrogens (tertiary/aromatic N) is 1. The number of aryl methyl sites for hydroxylation is 2. The number of H-pyrrole nitrogens is 1. The van der Waals surface area contributed by atoms with Crippen molar-refractivity contribution in [2.24, 2.45) is 0 Å². The number of hydrogen-bond donors (Lipinski definition) is 2. The van der Waals surface area contributed by atoms with Crippen molar-refractivity contribution < 1.29 is 4.79 Å². The van der Waals surface area contributed by atoms with Gasteiger partial charge in [0.05, 0.1) is 5.25 Å². The Morgan fingerprint density at radius 1 is 1.32 bits per heavy atom. The first kappa shape index (κ1) is 16.3. The molecule has 0 saturated carbocycles. The molecule has 0 fully saturated rings. The summed E-state index contributed by atoms with van der Waals surface area (Å²) in [5.74, 6) is -0.122. The van der Waals surface area contributed by atoms with Gasteiger partial charge in [-0.3, -0.25) is 9.59 Å². The van der Waals surface area contributed by atoms with Crippen LogP contribution in [0, 0.1) is 20.8 Å². The number of aromatic amines is 1. The Balaban J connectivity index is 2.09. The van der Waals surface area contributed by atoms with E-state index < -0.39 is 0 Å². The molecular formula is C16H19N3O2S. The van der Waals surface area contributed by atoms with E-state index in [-0.39, 0.29) is 16.7 Å². The molecule has 0 radical (unpaired) electrons. The van der Waals surface area contributed by atoms with E-state index in [1.54, 1.807) is 13.8 Å². The van der Waals surface area contributed by atoms with Gasteiger partial charge in [-0.25, -0.2) is 4.98 Å². The molecule has 6 heteroatoms. The molecule has 0 saturated heterocycles. The molecule has 1 atom stereocenters. The lowest BCUT2D eigenvalue weighted by Crippen LogP contribution is -2.23. The third kappa shape index (κ3) is 3.98. The number of aromatic nitrogens is 2. The van der Waals surface area contributed by atoms with Gasteiger partial charge in [-0.05, 0) is 44.9 Å². The number of hydrogen-bond acceptors (Lipinski definition) is 4. The highest BCUT2D eigenvalue weighted by atomic mass is 32.2. The summed E-state index contributed by atoms with van der Waals surface area (Å²) in [5, 5.41) is 3.00. The van der Waals surface area contributed by atoms with Crippen molar-refractivity contribution in [1.82, 2.24) is 9.97 Å². The van der Waals surface area contributed by atoms with Crippen LogP contribution in [0.5, 0.6) is 0 Å². The Morgan fingerprint density at radius 2 is 2.05 bits per heavy atom. The van der Waals surface area contributed by atoms with E-state index in [1.807, 2.05) is 32.0 Å². The van der Waals surface area contributed by atoms with Crippen molar-refractivity contribution in [3.63, 3.8) is 0 Å². The van der Waals surface area contributed by atoms with Crippen LogP contribution in [0.15, 0.2) is 34.2 Å². The highest BCUT2D eigenvalue weighted by molar-refractivity contribution is 8.00. The minimum atomic E-state index is -0.370. The highest BCUT2D eigenvalue weighted by Gasteiger charge is 2.17. The first-order chi connectivity index (χ1) is 10.4. The molecule has 2 rings (SSSR count). The van der Waals surface area contributed by atoms with Gasteiger partial charge in [0.1, 0.15) is 0 Å². The molecule has 2 N–H and O–H groups in total. The molecule has 0 aliphatic heterocycles. The fourth-order valence-electron chi connectivity index (χ4n) is 1.95. The maximum absolute atomic E-state index is 12.3. The van der Waals surface area contributed by atoms with Gasteiger partial charge in [-0.2, -0.15) is 0 Å². The van der Waals surface area contributed by atoms with Gasteiger partial charge >= 0.3 is 0 Å². The highest BCUT2D eigenvalue weighted by Crippen LogP contribution is 2.22. The third-order valence-electron chi connectivity index (χ3n) is 3.37. The maximum atomic E-state index is 12.3. The lowest BCUT2D eigenvalue weighted by atomic mass is 10.1. The molecule has 0 unspecified atom stereocenters. The quantitative estimate of drug-likeness (QED) is 0.671. The number of thioether (sulfide) groups is 1. The molecule has 0 aliphatic carbocycles. The smallest absolute Gasteiger partial charge is 0.251 e. The van der Waals surface area contributed by atoms with E-state index in [1.165, 1.54) is 17.8 Å². The van der Waals surface area contributed by atoms with Gasteiger partial charge < -0.3 is 10.3 Å². The van der Waals surface area contributed by atoms with Crippen LogP contribution in [-0.4, -0.2) is 21.1 Å². The summed E-state index contributed by atoms with van der Waals surface area (Å²) in [7, 11) is 0. The first-order valence-electron chi connectivity index (χ1n) is 6.98. The zero-order valence-electron chi connectivity index (χ0n) is 13.1. The fourth-order valence-corrected chi connectivity index (χ4v) is 2.81. The van der Waals surface area contributed by atoms with Crippen molar-refractivity contribution in [3.8, 4) is 0 Å². The van der Waals surface area contributed by atoms with Gasteiger partial charge in [0.25, 0.3) is 5.56 Å². The fraction of sp³-hybridized carbons (Fsp3) is 0.312. The van der Waals surface area contributed by atoms with Crippen molar-refractivity contribution in [2.75, 3.05) is 5.32 Å². The van der Waals surface area contributed by atoms with Gasteiger partial charge in [0.15, 0.2) is 5.16 Å². The second kappa shape index (κ2) is 6.79. The minimum Gasteiger partial charge on any atom is -0.325 e. The monoisotopic (exact) mass is 317 g/mol. The normalized spacial score (nSPS) is 12.0. The number of amides is 1. The summed E-state index contributed by atoms with van der Waals surface area (Å²) in [6.45, 7) is 7.51. The molecule has 0 bridgehead atoms. The Morgan fingerprint density at radius 3 is 2.73 bits per heavy atom. The summed E-state index contributed by atoms with van der Waals surface area (Å²) in [6, 6.07) is 7.22. The van der Waals surface area contributed by atoms with Gasteiger partial charge in [-0.15, -0.1) is 0 Å². The number of rotatable bonds is 4. The maximum Gasteiger partial charge on any atom is 0.251 e. The Kier molecular flexibility index (Phi) is 5.03. The van der Waals surface area contributed by atoms with E-state index in [4.69, 9.17) is 0 Å². The number of carbonyl (C=O) groups excluding carboxylic acids is 1. The molecule has 0 spiro atoms. The molecule has 22 heavy (non-hydrogen) atoms. The molecule has 1 amide bonds. The zero-order chi connectivity index (χ0) is 16.3. The molecular weight excluding hydrogens is 298 g/mol. The summed E-state index contributed by atoms with van der Waals surface area (Å²) in [4.78, 5) is 30.6.